The Kier molecular flexibility index (Phi) is 4.07. The van der Waals surface area contributed by atoms with Gasteiger partial charge in [-0.3, -0.25) is 4.99 Å². The number of benzene rings is 3. The molecule has 0 radical (unpaired) electrons. The molecule has 0 saturated carbocycles. The number of aromatic nitrogens is 1. The molecule has 0 aliphatic rings. The number of phenolic OH excluding ortho intramolecular Hbond substituents is 1. The molecule has 0 atom stereocenters. The van der Waals surface area contributed by atoms with Crippen LogP contribution >= 0.6 is 15.9 Å². The molecule has 0 aliphatic carbocycles. The first-order chi connectivity index (χ1) is 12.2. The maximum Gasteiger partial charge on any atom is 0.227 e. The highest BCUT2D eigenvalue weighted by Crippen LogP contribution is 2.28. The van der Waals surface area contributed by atoms with Crippen molar-refractivity contribution in [2.75, 3.05) is 0 Å². The van der Waals surface area contributed by atoms with E-state index < -0.39 is 0 Å². The lowest BCUT2D eigenvalue weighted by atomic mass is 10.2. The molecule has 4 aromatic rings. The van der Waals surface area contributed by atoms with Crippen LogP contribution in [0.5, 0.6) is 5.75 Å². The molecule has 0 saturated heterocycles. The minimum Gasteiger partial charge on any atom is -0.507 e. The predicted octanol–water partition coefficient (Wildman–Crippen LogP) is 5.71. The molecule has 0 unspecified atom stereocenters. The lowest BCUT2D eigenvalue weighted by Crippen LogP contribution is -1.80. The highest BCUT2D eigenvalue weighted by atomic mass is 79.9. The summed E-state index contributed by atoms with van der Waals surface area (Å²) in [5.74, 6) is 0.774. The Morgan fingerprint density at radius 1 is 1.00 bits per heavy atom. The number of halogens is 1. The smallest absolute Gasteiger partial charge is 0.227 e. The van der Waals surface area contributed by atoms with E-state index in [1.807, 2.05) is 48.5 Å². The van der Waals surface area contributed by atoms with Gasteiger partial charge in [-0.1, -0.05) is 28.1 Å². The minimum atomic E-state index is 0.200. The second-order valence-electron chi connectivity index (χ2n) is 5.49. The molecular formula is C20H13BrN2O2. The van der Waals surface area contributed by atoms with E-state index in [1.165, 1.54) is 0 Å². The van der Waals surface area contributed by atoms with Gasteiger partial charge < -0.3 is 9.52 Å². The number of hydrogen-bond acceptors (Lipinski definition) is 4. The normalized spacial score (nSPS) is 11.4. The van der Waals surface area contributed by atoms with E-state index in [2.05, 4.69) is 25.9 Å². The molecule has 4 nitrogen and oxygen atoms in total. The van der Waals surface area contributed by atoms with Gasteiger partial charge in [-0.25, -0.2) is 4.98 Å². The van der Waals surface area contributed by atoms with Crippen molar-refractivity contribution in [1.29, 1.82) is 0 Å². The van der Waals surface area contributed by atoms with E-state index in [1.54, 1.807) is 24.4 Å². The lowest BCUT2D eigenvalue weighted by Gasteiger charge is -1.97. The van der Waals surface area contributed by atoms with Crippen molar-refractivity contribution in [1.82, 2.24) is 4.98 Å². The van der Waals surface area contributed by atoms with Crippen LogP contribution in [0.15, 0.2) is 80.6 Å². The van der Waals surface area contributed by atoms with Gasteiger partial charge in [0.15, 0.2) is 5.58 Å². The van der Waals surface area contributed by atoms with Crippen LogP contribution in [0.2, 0.25) is 0 Å². The van der Waals surface area contributed by atoms with Gasteiger partial charge in [0.1, 0.15) is 11.3 Å². The maximum atomic E-state index is 9.79. The summed E-state index contributed by atoms with van der Waals surface area (Å²) in [6.07, 6.45) is 1.63. The first-order valence-electron chi connectivity index (χ1n) is 7.68. The Bertz CT molecular complexity index is 1070. The van der Waals surface area contributed by atoms with E-state index in [4.69, 9.17) is 4.42 Å². The molecule has 0 aliphatic heterocycles. The maximum absolute atomic E-state index is 9.79. The number of nitrogens with zero attached hydrogens (tertiary/aromatic N) is 2. The molecule has 1 N–H and O–H groups in total. The molecule has 0 spiro atoms. The Morgan fingerprint density at radius 3 is 2.60 bits per heavy atom. The van der Waals surface area contributed by atoms with Crippen LogP contribution in [0.1, 0.15) is 5.56 Å². The molecule has 3 aromatic carbocycles. The van der Waals surface area contributed by atoms with Crippen LogP contribution in [-0.2, 0) is 0 Å². The molecular weight excluding hydrogens is 380 g/mol. The monoisotopic (exact) mass is 392 g/mol. The van der Waals surface area contributed by atoms with Gasteiger partial charge in [-0.15, -0.1) is 0 Å². The molecule has 1 heterocycles. The van der Waals surface area contributed by atoms with Crippen molar-refractivity contribution in [3.63, 3.8) is 0 Å². The number of aliphatic imine (C=N–C) groups is 1. The fraction of sp³-hybridized carbons (Fsp3) is 0. The summed E-state index contributed by atoms with van der Waals surface area (Å²) in [6, 6.07) is 20.4. The number of rotatable bonds is 3. The van der Waals surface area contributed by atoms with E-state index in [-0.39, 0.29) is 5.75 Å². The predicted molar refractivity (Wildman–Crippen MR) is 103 cm³/mol. The van der Waals surface area contributed by atoms with Gasteiger partial charge in [0.25, 0.3) is 0 Å². The summed E-state index contributed by atoms with van der Waals surface area (Å²) in [5.41, 5.74) is 3.77. The van der Waals surface area contributed by atoms with E-state index in [9.17, 15) is 5.11 Å². The molecule has 0 fully saturated rings. The fourth-order valence-electron chi connectivity index (χ4n) is 2.45. The van der Waals surface area contributed by atoms with Gasteiger partial charge in [-0.2, -0.15) is 0 Å². The third-order valence-electron chi connectivity index (χ3n) is 3.75. The molecule has 0 bridgehead atoms. The summed E-state index contributed by atoms with van der Waals surface area (Å²) >= 11 is 3.42. The van der Waals surface area contributed by atoms with Crippen LogP contribution in [0.25, 0.3) is 22.6 Å². The van der Waals surface area contributed by atoms with Crippen molar-refractivity contribution in [3.05, 3.63) is 76.8 Å². The number of oxazole rings is 1. The molecule has 1 aromatic heterocycles. The zero-order valence-electron chi connectivity index (χ0n) is 13.1. The SMILES string of the molecule is Oc1ccccc1C=Nc1ccc2oc(-c3ccc(Br)cc3)nc2c1. The molecule has 0 amide bonds. The van der Waals surface area contributed by atoms with Crippen molar-refractivity contribution in [2.45, 2.75) is 0 Å². The fourth-order valence-corrected chi connectivity index (χ4v) is 2.72. The zero-order valence-corrected chi connectivity index (χ0v) is 14.6. The van der Waals surface area contributed by atoms with E-state index in [0.717, 1.165) is 21.2 Å². The van der Waals surface area contributed by atoms with E-state index in [0.29, 0.717) is 17.0 Å². The van der Waals surface area contributed by atoms with Gasteiger partial charge in [0, 0.05) is 21.8 Å². The zero-order chi connectivity index (χ0) is 17.2. The van der Waals surface area contributed by atoms with Crippen LogP contribution < -0.4 is 0 Å². The van der Waals surface area contributed by atoms with Gasteiger partial charge >= 0.3 is 0 Å². The number of hydrogen-bond donors (Lipinski definition) is 1. The summed E-state index contributed by atoms with van der Waals surface area (Å²) in [6.45, 7) is 0. The topological polar surface area (TPSA) is 58.6 Å². The first kappa shape index (κ1) is 15.6. The Hall–Kier alpha value is -2.92. The number of aromatic hydroxyl groups is 1. The van der Waals surface area contributed by atoms with Crippen molar-refractivity contribution in [2.24, 2.45) is 4.99 Å². The molecule has 25 heavy (non-hydrogen) atoms. The lowest BCUT2D eigenvalue weighted by molar-refractivity contribution is 0.474. The Balaban J connectivity index is 1.66. The summed E-state index contributed by atoms with van der Waals surface area (Å²) < 4.78 is 6.82. The van der Waals surface area contributed by atoms with Crippen LogP contribution in [-0.4, -0.2) is 16.3 Å². The van der Waals surface area contributed by atoms with Crippen molar-refractivity contribution in [3.8, 4) is 17.2 Å². The van der Waals surface area contributed by atoms with Crippen LogP contribution in [0.3, 0.4) is 0 Å². The molecule has 4 rings (SSSR count). The third-order valence-corrected chi connectivity index (χ3v) is 4.28. The average molecular weight is 393 g/mol. The largest absolute Gasteiger partial charge is 0.507 e. The molecule has 5 heteroatoms. The second kappa shape index (κ2) is 6.53. The summed E-state index contributed by atoms with van der Waals surface area (Å²) in [7, 11) is 0. The summed E-state index contributed by atoms with van der Waals surface area (Å²) in [5, 5.41) is 9.79. The second-order valence-corrected chi connectivity index (χ2v) is 6.41. The van der Waals surface area contributed by atoms with Crippen molar-refractivity contribution >= 4 is 38.9 Å². The average Bonchev–Trinajstić information content (AvgIpc) is 3.05. The Morgan fingerprint density at radius 2 is 1.80 bits per heavy atom. The number of para-hydroxylation sites is 1. The highest BCUT2D eigenvalue weighted by Gasteiger charge is 2.08. The minimum absolute atomic E-state index is 0.200. The van der Waals surface area contributed by atoms with Crippen molar-refractivity contribution < 1.29 is 9.52 Å². The highest BCUT2D eigenvalue weighted by molar-refractivity contribution is 9.10. The Labute approximate surface area is 152 Å². The quantitative estimate of drug-likeness (QED) is 0.454. The van der Waals surface area contributed by atoms with Gasteiger partial charge in [-0.05, 0) is 54.6 Å². The first-order valence-corrected chi connectivity index (χ1v) is 8.47. The van der Waals surface area contributed by atoms with Crippen LogP contribution in [0, 0.1) is 0 Å². The summed E-state index contributed by atoms with van der Waals surface area (Å²) in [4.78, 5) is 8.95. The third kappa shape index (κ3) is 3.32. The van der Waals surface area contributed by atoms with E-state index >= 15 is 0 Å². The number of fused-ring (bicyclic) bond motifs is 1. The van der Waals surface area contributed by atoms with Crippen LogP contribution in [0.4, 0.5) is 5.69 Å². The number of phenols is 1. The molecule has 122 valence electrons. The van der Waals surface area contributed by atoms with Gasteiger partial charge in [0.05, 0.1) is 5.69 Å². The van der Waals surface area contributed by atoms with Gasteiger partial charge in [0.2, 0.25) is 5.89 Å². The standard InChI is InChI=1S/C20H13BrN2O2/c21-15-7-5-13(6-8-15)20-23-17-11-16(9-10-19(17)25-20)22-12-14-3-1-2-4-18(14)24/h1-12,24H.